The Morgan fingerprint density at radius 1 is 0.812 bits per heavy atom. The summed E-state index contributed by atoms with van der Waals surface area (Å²) in [6, 6.07) is 30.7. The maximum atomic E-state index is 5.52. The first kappa shape index (κ1) is 20.4. The van der Waals surface area contributed by atoms with Gasteiger partial charge in [0.15, 0.2) is 5.13 Å². The zero-order valence-electron chi connectivity index (χ0n) is 17.7. The molecule has 1 fully saturated rings. The summed E-state index contributed by atoms with van der Waals surface area (Å²) in [5.41, 5.74) is 4.07. The fraction of sp³-hybridized carbons (Fsp3) is 0.154. The monoisotopic (exact) mass is 440 g/mol. The lowest BCUT2D eigenvalue weighted by atomic mass is 10.1. The van der Waals surface area contributed by atoms with E-state index >= 15 is 0 Å². The molecule has 0 saturated carbocycles. The highest BCUT2D eigenvalue weighted by molar-refractivity contribution is 7.17. The van der Waals surface area contributed by atoms with Crippen molar-refractivity contribution in [2.75, 3.05) is 36.2 Å². The molecule has 0 amide bonds. The van der Waals surface area contributed by atoms with E-state index in [1.54, 1.807) is 11.3 Å². The number of hydrogen-bond acceptors (Lipinski definition) is 6. The van der Waals surface area contributed by atoms with E-state index in [0.717, 1.165) is 58.9 Å². The van der Waals surface area contributed by atoms with Crippen LogP contribution in [0.15, 0.2) is 96.1 Å². The summed E-state index contributed by atoms with van der Waals surface area (Å²) in [7, 11) is 0. The zero-order chi connectivity index (χ0) is 21.6. The predicted molar refractivity (Wildman–Crippen MR) is 133 cm³/mol. The Balaban J connectivity index is 1.54. The Hall–Kier alpha value is -3.48. The first-order valence-electron chi connectivity index (χ1n) is 10.7. The van der Waals surface area contributed by atoms with E-state index < -0.39 is 0 Å². The van der Waals surface area contributed by atoms with Gasteiger partial charge in [-0.05, 0) is 24.3 Å². The summed E-state index contributed by atoms with van der Waals surface area (Å²) in [6.07, 6.45) is 1.93. The normalized spacial score (nSPS) is 14.1. The van der Waals surface area contributed by atoms with Gasteiger partial charge in [-0.25, -0.2) is 9.99 Å². The molecule has 2 heterocycles. The summed E-state index contributed by atoms with van der Waals surface area (Å²) >= 11 is 1.68. The summed E-state index contributed by atoms with van der Waals surface area (Å²) in [5, 5.41) is 7.89. The van der Waals surface area contributed by atoms with Gasteiger partial charge in [-0.15, -0.1) is 0 Å². The van der Waals surface area contributed by atoms with E-state index in [2.05, 4.69) is 41.3 Å². The van der Waals surface area contributed by atoms with Crippen molar-refractivity contribution in [3.63, 3.8) is 0 Å². The van der Waals surface area contributed by atoms with E-state index in [9.17, 15) is 0 Å². The number of rotatable bonds is 6. The molecular weight excluding hydrogens is 416 g/mol. The van der Waals surface area contributed by atoms with Crippen molar-refractivity contribution in [3.8, 4) is 11.3 Å². The lowest BCUT2D eigenvalue weighted by Gasteiger charge is -2.26. The average molecular weight is 441 g/mol. The van der Waals surface area contributed by atoms with Crippen LogP contribution < -0.4 is 9.91 Å². The standard InChI is InChI=1S/C26H24N4OS/c1-4-10-21(11-5-1)25-24(32-26(28-25)29-16-18-31-19-17-29)20-27-30(22-12-6-2-7-13-22)23-14-8-3-9-15-23/h1-15,20H,16-19H2/b27-20+. The molecule has 0 spiro atoms. The number of ether oxygens (including phenoxy) is 1. The molecule has 0 aliphatic carbocycles. The molecule has 0 unspecified atom stereocenters. The average Bonchev–Trinajstić information content (AvgIpc) is 3.31. The molecule has 3 aromatic carbocycles. The van der Waals surface area contributed by atoms with Crippen LogP contribution in [0.2, 0.25) is 0 Å². The van der Waals surface area contributed by atoms with Crippen LogP contribution in [0.5, 0.6) is 0 Å². The lowest BCUT2D eigenvalue weighted by Crippen LogP contribution is -2.36. The highest BCUT2D eigenvalue weighted by Crippen LogP contribution is 2.33. The van der Waals surface area contributed by atoms with Gasteiger partial charge in [0.05, 0.1) is 41.4 Å². The third-order valence-corrected chi connectivity index (χ3v) is 6.31. The van der Waals surface area contributed by atoms with Crippen LogP contribution in [0, 0.1) is 0 Å². The number of benzene rings is 3. The van der Waals surface area contributed by atoms with E-state index in [4.69, 9.17) is 14.8 Å². The highest BCUT2D eigenvalue weighted by Gasteiger charge is 2.19. The minimum atomic E-state index is 0.736. The van der Waals surface area contributed by atoms with Crippen molar-refractivity contribution >= 4 is 34.1 Å². The largest absolute Gasteiger partial charge is 0.378 e. The number of morpholine rings is 1. The van der Waals surface area contributed by atoms with E-state index in [1.807, 2.05) is 65.8 Å². The van der Waals surface area contributed by atoms with Crippen molar-refractivity contribution in [1.29, 1.82) is 0 Å². The van der Waals surface area contributed by atoms with Crippen LogP contribution in [-0.2, 0) is 4.74 Å². The van der Waals surface area contributed by atoms with Gasteiger partial charge in [-0.2, -0.15) is 5.10 Å². The molecular formula is C26H24N4OS. The van der Waals surface area contributed by atoms with Crippen molar-refractivity contribution in [2.24, 2.45) is 5.10 Å². The third-order valence-electron chi connectivity index (χ3n) is 5.26. The van der Waals surface area contributed by atoms with Crippen LogP contribution in [-0.4, -0.2) is 37.5 Å². The molecule has 6 heteroatoms. The molecule has 1 aliphatic heterocycles. The second-order valence-corrected chi connectivity index (χ2v) is 8.41. The quantitative estimate of drug-likeness (QED) is 0.280. The minimum absolute atomic E-state index is 0.736. The first-order chi connectivity index (χ1) is 15.9. The van der Waals surface area contributed by atoms with Gasteiger partial charge < -0.3 is 9.64 Å². The van der Waals surface area contributed by atoms with Gasteiger partial charge in [0.2, 0.25) is 0 Å². The van der Waals surface area contributed by atoms with Crippen LogP contribution >= 0.6 is 11.3 Å². The smallest absolute Gasteiger partial charge is 0.186 e. The van der Waals surface area contributed by atoms with Gasteiger partial charge in [0.25, 0.3) is 0 Å². The molecule has 5 nitrogen and oxygen atoms in total. The number of para-hydroxylation sites is 2. The zero-order valence-corrected chi connectivity index (χ0v) is 18.5. The van der Waals surface area contributed by atoms with E-state index in [1.165, 1.54) is 0 Å². The van der Waals surface area contributed by atoms with Crippen LogP contribution in [0.1, 0.15) is 4.88 Å². The van der Waals surface area contributed by atoms with Gasteiger partial charge >= 0.3 is 0 Å². The van der Waals surface area contributed by atoms with Gasteiger partial charge in [0, 0.05) is 18.7 Å². The minimum Gasteiger partial charge on any atom is -0.378 e. The number of thiazole rings is 1. The molecule has 0 N–H and O–H groups in total. The van der Waals surface area contributed by atoms with Gasteiger partial charge in [-0.3, -0.25) is 0 Å². The second kappa shape index (κ2) is 9.77. The molecule has 0 radical (unpaired) electrons. The Labute approximate surface area is 192 Å². The lowest BCUT2D eigenvalue weighted by molar-refractivity contribution is 0.122. The van der Waals surface area contributed by atoms with Crippen molar-refractivity contribution in [1.82, 2.24) is 4.98 Å². The first-order valence-corrected chi connectivity index (χ1v) is 11.5. The SMILES string of the molecule is C(=N\N(c1ccccc1)c1ccccc1)/c1sc(N2CCOCC2)nc1-c1ccccc1. The Bertz CT molecular complexity index is 1120. The number of hydrogen-bond donors (Lipinski definition) is 0. The molecule has 1 aromatic heterocycles. The maximum Gasteiger partial charge on any atom is 0.186 e. The van der Waals surface area contributed by atoms with Crippen LogP contribution in [0.25, 0.3) is 11.3 Å². The van der Waals surface area contributed by atoms with E-state index in [0.29, 0.717) is 0 Å². The summed E-state index contributed by atoms with van der Waals surface area (Å²) in [5.74, 6) is 0. The molecule has 0 atom stereocenters. The predicted octanol–water partition coefficient (Wildman–Crippen LogP) is 5.82. The maximum absolute atomic E-state index is 5.52. The molecule has 160 valence electrons. The number of nitrogens with zero attached hydrogens (tertiary/aromatic N) is 4. The molecule has 0 bridgehead atoms. The molecule has 4 aromatic rings. The number of anilines is 3. The summed E-state index contributed by atoms with van der Waals surface area (Å²) < 4.78 is 5.52. The topological polar surface area (TPSA) is 41.0 Å². The third kappa shape index (κ3) is 4.56. The van der Waals surface area contributed by atoms with Gasteiger partial charge in [0.1, 0.15) is 0 Å². The molecule has 1 aliphatic rings. The van der Waals surface area contributed by atoms with Crippen LogP contribution in [0.3, 0.4) is 0 Å². The highest BCUT2D eigenvalue weighted by atomic mass is 32.1. The van der Waals surface area contributed by atoms with E-state index in [-0.39, 0.29) is 0 Å². The Kier molecular flexibility index (Phi) is 6.23. The molecule has 5 rings (SSSR count). The second-order valence-electron chi connectivity index (χ2n) is 7.40. The van der Waals surface area contributed by atoms with Crippen molar-refractivity contribution in [2.45, 2.75) is 0 Å². The Morgan fingerprint density at radius 3 is 1.97 bits per heavy atom. The van der Waals surface area contributed by atoms with Gasteiger partial charge in [-0.1, -0.05) is 78.1 Å². The number of hydrazone groups is 1. The molecule has 1 saturated heterocycles. The fourth-order valence-electron chi connectivity index (χ4n) is 3.63. The number of aromatic nitrogens is 1. The molecule has 32 heavy (non-hydrogen) atoms. The van der Waals surface area contributed by atoms with Crippen molar-refractivity contribution < 1.29 is 4.74 Å². The fourth-order valence-corrected chi connectivity index (χ4v) is 4.64. The Morgan fingerprint density at radius 2 is 1.38 bits per heavy atom. The summed E-state index contributed by atoms with van der Waals surface area (Å²) in [6.45, 7) is 3.19. The summed E-state index contributed by atoms with van der Waals surface area (Å²) in [4.78, 5) is 8.34. The van der Waals surface area contributed by atoms with Crippen LogP contribution in [0.4, 0.5) is 16.5 Å². The van der Waals surface area contributed by atoms with Crippen molar-refractivity contribution in [3.05, 3.63) is 95.9 Å².